The van der Waals surface area contributed by atoms with E-state index < -0.39 is 5.54 Å². The molecular formula is C15H32N2O3. The number of hydrogen-bond acceptors (Lipinski definition) is 4. The van der Waals surface area contributed by atoms with Crippen molar-refractivity contribution < 1.29 is 14.3 Å². The van der Waals surface area contributed by atoms with E-state index in [0.717, 1.165) is 12.8 Å². The highest BCUT2D eigenvalue weighted by atomic mass is 16.5. The summed E-state index contributed by atoms with van der Waals surface area (Å²) in [5, 5.41) is 3.23. The quantitative estimate of drug-likeness (QED) is 0.569. The molecule has 0 aliphatic carbocycles. The number of amides is 1. The SMILES string of the molecule is COC(C)(C)CCOCCCC(C)(NC(C)C)C(N)=O. The number of hydrogen-bond donors (Lipinski definition) is 2. The Bertz CT molecular complexity index is 293. The molecule has 0 saturated heterocycles. The summed E-state index contributed by atoms with van der Waals surface area (Å²) in [5.41, 5.74) is 4.66. The van der Waals surface area contributed by atoms with Crippen molar-refractivity contribution >= 4 is 5.91 Å². The van der Waals surface area contributed by atoms with Gasteiger partial charge in [-0.1, -0.05) is 0 Å². The van der Waals surface area contributed by atoms with Gasteiger partial charge in [-0.3, -0.25) is 4.79 Å². The van der Waals surface area contributed by atoms with Gasteiger partial charge in [0.1, 0.15) is 0 Å². The van der Waals surface area contributed by atoms with Gasteiger partial charge in [-0.05, 0) is 53.9 Å². The van der Waals surface area contributed by atoms with E-state index in [9.17, 15) is 4.79 Å². The number of ether oxygens (including phenoxy) is 2. The fourth-order valence-corrected chi connectivity index (χ4v) is 1.95. The standard InChI is InChI=1S/C15H32N2O3/c1-12(2)17-15(5,13(16)18)8-7-10-20-11-9-14(3,4)19-6/h12,17H,7-11H2,1-6H3,(H2,16,18). The fourth-order valence-electron chi connectivity index (χ4n) is 1.95. The molecule has 1 unspecified atom stereocenters. The van der Waals surface area contributed by atoms with Crippen LogP contribution in [0.5, 0.6) is 0 Å². The highest BCUT2D eigenvalue weighted by Crippen LogP contribution is 2.15. The Hall–Kier alpha value is -0.650. The van der Waals surface area contributed by atoms with Crippen molar-refractivity contribution in [1.29, 1.82) is 0 Å². The summed E-state index contributed by atoms with van der Waals surface area (Å²) in [6.07, 6.45) is 2.32. The molecule has 0 aromatic rings. The Labute approximate surface area is 123 Å². The van der Waals surface area contributed by atoms with Crippen LogP contribution in [0.1, 0.15) is 53.9 Å². The molecule has 0 radical (unpaired) electrons. The molecule has 0 aromatic carbocycles. The first-order valence-corrected chi connectivity index (χ1v) is 7.33. The number of carbonyl (C=O) groups excluding carboxylic acids is 1. The third-order valence-corrected chi connectivity index (χ3v) is 3.52. The summed E-state index contributed by atoms with van der Waals surface area (Å²) in [7, 11) is 1.70. The van der Waals surface area contributed by atoms with E-state index in [2.05, 4.69) is 5.32 Å². The summed E-state index contributed by atoms with van der Waals surface area (Å²) in [6.45, 7) is 11.2. The predicted octanol–water partition coefficient (Wildman–Crippen LogP) is 1.84. The second kappa shape index (κ2) is 8.60. The van der Waals surface area contributed by atoms with Gasteiger partial charge < -0.3 is 20.5 Å². The molecule has 0 heterocycles. The lowest BCUT2D eigenvalue weighted by Gasteiger charge is -2.30. The van der Waals surface area contributed by atoms with Gasteiger partial charge in [0.2, 0.25) is 5.91 Å². The van der Waals surface area contributed by atoms with Crippen LogP contribution in [0, 0.1) is 0 Å². The van der Waals surface area contributed by atoms with Crippen LogP contribution >= 0.6 is 0 Å². The Kier molecular flexibility index (Phi) is 8.32. The number of methoxy groups -OCH3 is 1. The molecule has 0 aromatic heterocycles. The Morgan fingerprint density at radius 1 is 1.20 bits per heavy atom. The van der Waals surface area contributed by atoms with E-state index in [-0.39, 0.29) is 17.6 Å². The molecule has 0 aliphatic rings. The van der Waals surface area contributed by atoms with E-state index in [0.29, 0.717) is 19.6 Å². The van der Waals surface area contributed by atoms with E-state index in [1.165, 1.54) is 0 Å². The van der Waals surface area contributed by atoms with Crippen molar-refractivity contribution in [3.05, 3.63) is 0 Å². The van der Waals surface area contributed by atoms with Crippen LogP contribution in [-0.4, -0.2) is 43.4 Å². The molecule has 0 rings (SSSR count). The van der Waals surface area contributed by atoms with E-state index in [1.54, 1.807) is 7.11 Å². The van der Waals surface area contributed by atoms with Crippen molar-refractivity contribution in [2.75, 3.05) is 20.3 Å². The van der Waals surface area contributed by atoms with Gasteiger partial charge in [0, 0.05) is 26.4 Å². The molecule has 0 fully saturated rings. The van der Waals surface area contributed by atoms with Crippen LogP contribution in [0.2, 0.25) is 0 Å². The van der Waals surface area contributed by atoms with Gasteiger partial charge in [0.15, 0.2) is 0 Å². The second-order valence-electron chi connectivity index (χ2n) is 6.43. The largest absolute Gasteiger partial charge is 0.381 e. The first-order valence-electron chi connectivity index (χ1n) is 7.33. The number of nitrogens with one attached hydrogen (secondary N) is 1. The van der Waals surface area contributed by atoms with Crippen LogP contribution in [0.25, 0.3) is 0 Å². The summed E-state index contributed by atoms with van der Waals surface area (Å²) in [4.78, 5) is 11.5. The Morgan fingerprint density at radius 3 is 2.25 bits per heavy atom. The minimum Gasteiger partial charge on any atom is -0.381 e. The minimum absolute atomic E-state index is 0.152. The maximum atomic E-state index is 11.5. The molecule has 3 N–H and O–H groups in total. The third-order valence-electron chi connectivity index (χ3n) is 3.52. The smallest absolute Gasteiger partial charge is 0.237 e. The molecule has 1 amide bonds. The summed E-state index contributed by atoms with van der Waals surface area (Å²) in [6, 6.07) is 0.218. The number of primary amides is 1. The monoisotopic (exact) mass is 288 g/mol. The average molecular weight is 288 g/mol. The first-order chi connectivity index (χ1) is 9.13. The molecule has 1 atom stereocenters. The van der Waals surface area contributed by atoms with Crippen LogP contribution in [0.3, 0.4) is 0 Å². The average Bonchev–Trinajstić information content (AvgIpc) is 2.32. The van der Waals surface area contributed by atoms with Gasteiger partial charge in [-0.25, -0.2) is 0 Å². The Balaban J connectivity index is 3.94. The molecule has 120 valence electrons. The van der Waals surface area contributed by atoms with E-state index in [4.69, 9.17) is 15.2 Å². The number of rotatable bonds is 11. The summed E-state index contributed by atoms with van der Waals surface area (Å²) < 4.78 is 10.9. The van der Waals surface area contributed by atoms with Gasteiger partial charge in [0.25, 0.3) is 0 Å². The minimum atomic E-state index is -0.663. The zero-order valence-corrected chi connectivity index (χ0v) is 13.9. The fraction of sp³-hybridized carbons (Fsp3) is 0.933. The van der Waals surface area contributed by atoms with Gasteiger partial charge in [-0.2, -0.15) is 0 Å². The van der Waals surface area contributed by atoms with Crippen molar-refractivity contribution in [1.82, 2.24) is 5.32 Å². The van der Waals surface area contributed by atoms with Gasteiger partial charge in [-0.15, -0.1) is 0 Å². The van der Waals surface area contributed by atoms with Gasteiger partial charge in [0.05, 0.1) is 11.1 Å². The maximum absolute atomic E-state index is 11.5. The second-order valence-corrected chi connectivity index (χ2v) is 6.43. The van der Waals surface area contributed by atoms with Crippen LogP contribution in [-0.2, 0) is 14.3 Å². The highest BCUT2D eigenvalue weighted by Gasteiger charge is 2.30. The maximum Gasteiger partial charge on any atom is 0.237 e. The van der Waals surface area contributed by atoms with E-state index in [1.807, 2.05) is 34.6 Å². The Morgan fingerprint density at radius 2 is 1.80 bits per heavy atom. The normalized spacial score (nSPS) is 15.3. The zero-order chi connectivity index (χ0) is 15.8. The topological polar surface area (TPSA) is 73.6 Å². The molecule has 20 heavy (non-hydrogen) atoms. The molecule has 0 saturated carbocycles. The molecular weight excluding hydrogens is 256 g/mol. The van der Waals surface area contributed by atoms with Gasteiger partial charge >= 0.3 is 0 Å². The number of nitrogens with two attached hydrogens (primary N) is 1. The van der Waals surface area contributed by atoms with Crippen LogP contribution < -0.4 is 11.1 Å². The van der Waals surface area contributed by atoms with E-state index >= 15 is 0 Å². The first kappa shape index (κ1) is 19.4. The summed E-state index contributed by atoms with van der Waals surface area (Å²) in [5.74, 6) is -0.313. The van der Waals surface area contributed by atoms with Crippen LogP contribution in [0.4, 0.5) is 0 Å². The molecule has 0 bridgehead atoms. The van der Waals surface area contributed by atoms with Crippen molar-refractivity contribution in [2.45, 2.75) is 71.1 Å². The third kappa shape index (κ3) is 7.82. The molecule has 0 spiro atoms. The van der Waals surface area contributed by atoms with Crippen molar-refractivity contribution in [3.63, 3.8) is 0 Å². The zero-order valence-electron chi connectivity index (χ0n) is 13.9. The lowest BCUT2D eigenvalue weighted by Crippen LogP contribution is -2.55. The van der Waals surface area contributed by atoms with Crippen molar-refractivity contribution in [3.8, 4) is 0 Å². The molecule has 0 aliphatic heterocycles. The lowest BCUT2D eigenvalue weighted by molar-refractivity contribution is -0.124. The molecule has 5 nitrogen and oxygen atoms in total. The summed E-state index contributed by atoms with van der Waals surface area (Å²) >= 11 is 0. The molecule has 5 heteroatoms. The highest BCUT2D eigenvalue weighted by molar-refractivity contribution is 5.84. The number of carbonyl (C=O) groups is 1. The lowest BCUT2D eigenvalue weighted by atomic mass is 9.94. The van der Waals surface area contributed by atoms with Crippen LogP contribution in [0.15, 0.2) is 0 Å². The predicted molar refractivity (Wildman–Crippen MR) is 81.6 cm³/mol. The van der Waals surface area contributed by atoms with Crippen molar-refractivity contribution in [2.24, 2.45) is 5.73 Å².